The maximum Gasteiger partial charge on any atom is 0.409 e. The molecule has 1 N–H and O–H groups in total. The van der Waals surface area contributed by atoms with Crippen molar-refractivity contribution < 1.29 is 33.6 Å². The fourth-order valence-electron chi connectivity index (χ4n) is 3.26. The number of carbonyl (C=O) groups is 2. The third-order valence-electron chi connectivity index (χ3n) is 4.98. The molecule has 0 aliphatic carbocycles. The molecule has 1 atom stereocenters. The molecule has 1 unspecified atom stereocenters. The van der Waals surface area contributed by atoms with Crippen LogP contribution in [0, 0.1) is 0 Å². The highest BCUT2D eigenvalue weighted by Crippen LogP contribution is 2.24. The summed E-state index contributed by atoms with van der Waals surface area (Å²) in [5, 5.41) is 10.2. The molecule has 2 rings (SSSR count). The van der Waals surface area contributed by atoms with Crippen LogP contribution in [-0.4, -0.2) is 67.7 Å². The van der Waals surface area contributed by atoms with Gasteiger partial charge in [0.2, 0.25) is 0 Å². The van der Waals surface area contributed by atoms with Crippen LogP contribution in [0.3, 0.4) is 0 Å². The van der Waals surface area contributed by atoms with Crippen molar-refractivity contribution in [3.63, 3.8) is 0 Å². The van der Waals surface area contributed by atoms with E-state index < -0.39 is 18.2 Å². The number of aliphatic carboxylic acids is 1. The van der Waals surface area contributed by atoms with E-state index in [-0.39, 0.29) is 13.0 Å². The van der Waals surface area contributed by atoms with E-state index in [1.165, 1.54) is 0 Å². The van der Waals surface area contributed by atoms with Crippen LogP contribution in [0.2, 0.25) is 10.0 Å². The molecule has 0 heterocycles. The molecule has 0 saturated carbocycles. The zero-order valence-electron chi connectivity index (χ0n) is 20.6. The number of rotatable bonds is 16. The Bertz CT molecular complexity index is 936. The number of carboxylic acid groups (broad SMARTS) is 1. The number of carbonyl (C=O) groups excluding carboxylic acids is 1. The van der Waals surface area contributed by atoms with Crippen LogP contribution in [-0.2, 0) is 20.7 Å². The molecule has 198 valence electrons. The van der Waals surface area contributed by atoms with Crippen molar-refractivity contribution in [2.45, 2.75) is 39.2 Å². The van der Waals surface area contributed by atoms with Crippen molar-refractivity contribution in [1.82, 2.24) is 4.90 Å². The number of ether oxygens (including phenoxy) is 4. The van der Waals surface area contributed by atoms with E-state index in [1.807, 2.05) is 6.92 Å². The van der Waals surface area contributed by atoms with Crippen LogP contribution < -0.4 is 9.47 Å². The molecule has 8 nitrogen and oxygen atoms in total. The Hall–Kier alpha value is -2.68. The minimum absolute atomic E-state index is 0.266. The predicted octanol–water partition coefficient (Wildman–Crippen LogP) is 5.72. The van der Waals surface area contributed by atoms with E-state index in [0.717, 1.165) is 12.0 Å². The molecular weight excluding hydrogens is 509 g/mol. The van der Waals surface area contributed by atoms with Gasteiger partial charge in [0.15, 0.2) is 6.10 Å². The molecular formula is C26H33Cl2NO7. The molecule has 1 amide bonds. The second kappa shape index (κ2) is 16.1. The van der Waals surface area contributed by atoms with Gasteiger partial charge >= 0.3 is 12.1 Å². The molecule has 0 bridgehead atoms. The number of hydrogen-bond acceptors (Lipinski definition) is 6. The molecule has 2 aromatic carbocycles. The fraction of sp³-hybridized carbons (Fsp3) is 0.462. The highest BCUT2D eigenvalue weighted by atomic mass is 35.5. The van der Waals surface area contributed by atoms with Gasteiger partial charge in [0.05, 0.1) is 19.8 Å². The minimum Gasteiger partial charge on any atom is -0.493 e. The predicted molar refractivity (Wildman–Crippen MR) is 138 cm³/mol. The van der Waals surface area contributed by atoms with Crippen molar-refractivity contribution in [3.8, 4) is 11.5 Å². The average molecular weight is 542 g/mol. The van der Waals surface area contributed by atoms with Gasteiger partial charge in [-0.1, -0.05) is 42.3 Å². The summed E-state index contributed by atoms with van der Waals surface area (Å²) in [5.74, 6) is 0.189. The highest BCUT2D eigenvalue weighted by Gasteiger charge is 2.18. The Morgan fingerprint density at radius 1 is 0.917 bits per heavy atom. The Balaban J connectivity index is 1.84. The second-order valence-electron chi connectivity index (χ2n) is 7.89. The summed E-state index contributed by atoms with van der Waals surface area (Å²) in [5.41, 5.74) is 0.828. The Morgan fingerprint density at radius 3 is 2.19 bits per heavy atom. The second-order valence-corrected chi connectivity index (χ2v) is 8.76. The van der Waals surface area contributed by atoms with E-state index in [4.69, 9.17) is 42.1 Å². The summed E-state index contributed by atoms with van der Waals surface area (Å²) in [6.07, 6.45) is 0.281. The maximum absolute atomic E-state index is 12.5. The standard InChI is InChI=1S/C26H33Cl2NO7/c1-3-12-36-26(32)29(10-5-13-34-23-17-20(27)16-21(28)18-23)11-14-35-22-8-6-19(7-9-22)15-24(25(30)31)33-4-2/h6-9,16-18,24H,3-5,10-15H2,1-2H3,(H,30,31). The van der Waals surface area contributed by atoms with Gasteiger partial charge in [0.1, 0.15) is 18.1 Å². The minimum atomic E-state index is -0.992. The molecule has 36 heavy (non-hydrogen) atoms. The Labute approximate surface area is 222 Å². The first kappa shape index (κ1) is 29.5. The lowest BCUT2D eigenvalue weighted by molar-refractivity contribution is -0.149. The summed E-state index contributed by atoms with van der Waals surface area (Å²) in [4.78, 5) is 25.3. The van der Waals surface area contributed by atoms with Crippen LogP contribution in [0.4, 0.5) is 4.79 Å². The normalized spacial score (nSPS) is 11.6. The van der Waals surface area contributed by atoms with Gasteiger partial charge < -0.3 is 29.0 Å². The van der Waals surface area contributed by atoms with E-state index >= 15 is 0 Å². The van der Waals surface area contributed by atoms with Gasteiger partial charge in [-0.15, -0.1) is 0 Å². The smallest absolute Gasteiger partial charge is 0.409 e. The topological polar surface area (TPSA) is 94.5 Å². The molecule has 0 aliphatic rings. The summed E-state index contributed by atoms with van der Waals surface area (Å²) in [6, 6.07) is 12.1. The molecule has 0 radical (unpaired) electrons. The fourth-order valence-corrected chi connectivity index (χ4v) is 3.77. The Morgan fingerprint density at radius 2 is 1.58 bits per heavy atom. The van der Waals surface area contributed by atoms with Crippen LogP contribution in [0.1, 0.15) is 32.3 Å². The zero-order valence-corrected chi connectivity index (χ0v) is 22.1. The molecule has 0 aliphatic heterocycles. The molecule has 0 fully saturated rings. The molecule has 0 spiro atoms. The van der Waals surface area contributed by atoms with E-state index in [2.05, 4.69) is 0 Å². The third kappa shape index (κ3) is 10.9. The average Bonchev–Trinajstić information content (AvgIpc) is 2.84. The number of amides is 1. The summed E-state index contributed by atoms with van der Waals surface area (Å²) in [7, 11) is 0. The molecule has 0 aromatic heterocycles. The number of hydrogen-bond donors (Lipinski definition) is 1. The molecule has 10 heteroatoms. The largest absolute Gasteiger partial charge is 0.493 e. The highest BCUT2D eigenvalue weighted by molar-refractivity contribution is 6.34. The monoisotopic (exact) mass is 541 g/mol. The zero-order chi connectivity index (χ0) is 26.3. The lowest BCUT2D eigenvalue weighted by Gasteiger charge is -2.22. The SMILES string of the molecule is CCCOC(=O)N(CCCOc1cc(Cl)cc(Cl)c1)CCOc1ccc(CC(OCC)C(=O)O)cc1. The van der Waals surface area contributed by atoms with Crippen LogP contribution in [0.25, 0.3) is 0 Å². The summed E-state index contributed by atoms with van der Waals surface area (Å²) >= 11 is 12.0. The Kier molecular flexibility index (Phi) is 13.2. The van der Waals surface area contributed by atoms with E-state index in [9.17, 15) is 14.7 Å². The first-order valence-electron chi connectivity index (χ1n) is 11.9. The van der Waals surface area contributed by atoms with Crippen molar-refractivity contribution in [3.05, 3.63) is 58.1 Å². The lowest BCUT2D eigenvalue weighted by atomic mass is 10.1. The van der Waals surface area contributed by atoms with E-state index in [1.54, 1.807) is 54.3 Å². The van der Waals surface area contributed by atoms with Crippen molar-refractivity contribution in [1.29, 1.82) is 0 Å². The maximum atomic E-state index is 12.5. The van der Waals surface area contributed by atoms with Crippen molar-refractivity contribution >= 4 is 35.3 Å². The van der Waals surface area contributed by atoms with Gasteiger partial charge in [-0.25, -0.2) is 9.59 Å². The van der Waals surface area contributed by atoms with Gasteiger partial charge in [-0.05, 0) is 55.7 Å². The van der Waals surface area contributed by atoms with Gasteiger partial charge in [0.25, 0.3) is 0 Å². The first-order chi connectivity index (χ1) is 17.3. The summed E-state index contributed by atoms with van der Waals surface area (Å²) in [6.45, 7) is 5.76. The number of carboxylic acids is 1. The quantitative estimate of drug-likeness (QED) is 0.271. The number of halogens is 2. The van der Waals surface area contributed by atoms with Crippen LogP contribution in [0.5, 0.6) is 11.5 Å². The molecule has 0 saturated heterocycles. The first-order valence-corrected chi connectivity index (χ1v) is 12.6. The van der Waals surface area contributed by atoms with Gasteiger partial charge in [0, 0.05) is 29.6 Å². The van der Waals surface area contributed by atoms with Crippen molar-refractivity contribution in [2.75, 3.05) is 39.5 Å². The van der Waals surface area contributed by atoms with Crippen LogP contribution >= 0.6 is 23.2 Å². The molecule has 2 aromatic rings. The third-order valence-corrected chi connectivity index (χ3v) is 5.42. The van der Waals surface area contributed by atoms with Gasteiger partial charge in [-0.3, -0.25) is 0 Å². The number of nitrogens with zero attached hydrogens (tertiary/aromatic N) is 1. The summed E-state index contributed by atoms with van der Waals surface area (Å²) < 4.78 is 22.0. The number of benzene rings is 2. The van der Waals surface area contributed by atoms with Crippen LogP contribution in [0.15, 0.2) is 42.5 Å². The lowest BCUT2D eigenvalue weighted by Crippen LogP contribution is -2.36. The van der Waals surface area contributed by atoms with Crippen molar-refractivity contribution in [2.24, 2.45) is 0 Å². The van der Waals surface area contributed by atoms with E-state index in [0.29, 0.717) is 60.9 Å². The van der Waals surface area contributed by atoms with Gasteiger partial charge in [-0.2, -0.15) is 0 Å².